The molecule has 4 rings (SSSR count). The number of carbonyl (C=O) groups excluding carboxylic acids is 1. The van der Waals surface area contributed by atoms with Crippen molar-refractivity contribution in [2.24, 2.45) is 0 Å². The van der Waals surface area contributed by atoms with Crippen LogP contribution in [0.1, 0.15) is 27.0 Å². The van der Waals surface area contributed by atoms with Gasteiger partial charge in [-0.15, -0.1) is 0 Å². The van der Waals surface area contributed by atoms with Crippen LogP contribution in [0.5, 0.6) is 0 Å². The minimum Gasteiger partial charge on any atom is -0.465 e. The highest BCUT2D eigenvalue weighted by Gasteiger charge is 2.60. The Kier molecular flexibility index (Phi) is 5.75. The molecule has 0 spiro atoms. The van der Waals surface area contributed by atoms with Gasteiger partial charge >= 0.3 is 18.3 Å². The smallest absolute Gasteiger partial charge is 0.428 e. The van der Waals surface area contributed by atoms with Crippen LogP contribution in [-0.4, -0.2) is 19.3 Å². The Labute approximate surface area is 191 Å². The molecule has 0 aliphatic carbocycles. The van der Waals surface area contributed by atoms with E-state index in [2.05, 4.69) is 0 Å². The predicted molar refractivity (Wildman–Crippen MR) is 107 cm³/mol. The molecule has 1 N–H and O–H groups in total. The summed E-state index contributed by atoms with van der Waals surface area (Å²) in [4.78, 5) is 16.8. The van der Waals surface area contributed by atoms with Crippen LogP contribution in [0.25, 0.3) is 16.5 Å². The summed E-state index contributed by atoms with van der Waals surface area (Å²) in [5.41, 5.74) is -5.19. The fraction of sp³-hybridized carbons (Fsp3) is 0.174. The van der Waals surface area contributed by atoms with Gasteiger partial charge in [-0.3, -0.25) is 10.3 Å². The normalized spacial score (nSPS) is 18.4. The van der Waals surface area contributed by atoms with E-state index in [4.69, 9.17) is 9.57 Å². The lowest BCUT2D eigenvalue weighted by Gasteiger charge is -2.29. The minimum absolute atomic E-state index is 0.00234. The van der Waals surface area contributed by atoms with E-state index in [9.17, 15) is 39.9 Å². The molecule has 1 aliphatic heterocycles. The van der Waals surface area contributed by atoms with Crippen molar-refractivity contribution in [1.82, 2.24) is 5.48 Å². The van der Waals surface area contributed by atoms with E-state index >= 15 is 0 Å². The van der Waals surface area contributed by atoms with Crippen molar-refractivity contribution >= 4 is 22.4 Å². The molecule has 0 fully saturated rings. The molecule has 0 radical (unpaired) electrons. The molecule has 184 valence electrons. The van der Waals surface area contributed by atoms with Crippen molar-refractivity contribution in [3.63, 3.8) is 0 Å². The Bertz CT molecular complexity index is 1360. The summed E-state index contributed by atoms with van der Waals surface area (Å²) in [7, 11) is 1.15. The van der Waals surface area contributed by atoms with Gasteiger partial charge in [0.2, 0.25) is 5.60 Å². The maximum Gasteiger partial charge on any atom is 0.428 e. The molecule has 0 aromatic heterocycles. The molecule has 0 amide bonds. The topological polar surface area (TPSA) is 47.6 Å². The van der Waals surface area contributed by atoms with E-state index in [-0.39, 0.29) is 34.3 Å². The van der Waals surface area contributed by atoms with Gasteiger partial charge in [0.05, 0.1) is 23.9 Å². The SMILES string of the molecule is COC(=O)c1ccc(C2=CC(c3cc(F)c(F)c(C(F)(F)F)c3)(C(F)(F)F)ON2)c2ccccc12. The number of hydrogen-bond donors (Lipinski definition) is 1. The predicted octanol–water partition coefficient (Wildman–Crippen LogP) is 6.26. The number of alkyl halides is 6. The van der Waals surface area contributed by atoms with Crippen LogP contribution < -0.4 is 5.48 Å². The van der Waals surface area contributed by atoms with Crippen LogP contribution in [0.3, 0.4) is 0 Å². The summed E-state index contributed by atoms with van der Waals surface area (Å²) in [6, 6.07) is 8.56. The quantitative estimate of drug-likeness (QED) is 0.339. The van der Waals surface area contributed by atoms with Gasteiger partial charge < -0.3 is 4.74 Å². The summed E-state index contributed by atoms with van der Waals surface area (Å²) in [5, 5.41) is 0.605. The fourth-order valence-electron chi connectivity index (χ4n) is 3.81. The van der Waals surface area contributed by atoms with Crippen molar-refractivity contribution in [2.45, 2.75) is 18.0 Å². The van der Waals surface area contributed by atoms with Crippen molar-refractivity contribution < 1.29 is 49.5 Å². The van der Waals surface area contributed by atoms with E-state index in [1.807, 2.05) is 5.48 Å². The number of hydroxylamine groups is 1. The first-order valence-corrected chi connectivity index (χ1v) is 9.71. The second-order valence-corrected chi connectivity index (χ2v) is 7.51. The number of hydrogen-bond acceptors (Lipinski definition) is 4. The number of rotatable bonds is 3. The number of carbonyl (C=O) groups is 1. The third-order valence-corrected chi connectivity index (χ3v) is 5.47. The lowest BCUT2D eigenvalue weighted by molar-refractivity contribution is -0.269. The van der Waals surface area contributed by atoms with Gasteiger partial charge in [0.15, 0.2) is 11.6 Å². The zero-order chi connectivity index (χ0) is 25.8. The number of halogens is 8. The highest BCUT2D eigenvalue weighted by atomic mass is 19.4. The fourth-order valence-corrected chi connectivity index (χ4v) is 3.81. The first kappa shape index (κ1) is 24.5. The number of ether oxygens (including phenoxy) is 1. The van der Waals surface area contributed by atoms with Gasteiger partial charge in [-0.05, 0) is 35.0 Å². The van der Waals surface area contributed by atoms with E-state index in [1.165, 1.54) is 24.3 Å². The monoisotopic (exact) mass is 503 g/mol. The Morgan fingerprint density at radius 1 is 0.971 bits per heavy atom. The molecule has 4 nitrogen and oxygen atoms in total. The van der Waals surface area contributed by atoms with Crippen molar-refractivity contribution in [3.05, 3.63) is 88.5 Å². The highest BCUT2D eigenvalue weighted by molar-refractivity contribution is 6.07. The van der Waals surface area contributed by atoms with Gasteiger partial charge in [-0.25, -0.2) is 13.6 Å². The van der Waals surface area contributed by atoms with Gasteiger partial charge in [-0.1, -0.05) is 30.3 Å². The summed E-state index contributed by atoms with van der Waals surface area (Å²) < 4.78 is 115. The first-order valence-electron chi connectivity index (χ1n) is 9.71. The van der Waals surface area contributed by atoms with Crippen LogP contribution in [0.4, 0.5) is 35.1 Å². The third-order valence-electron chi connectivity index (χ3n) is 5.47. The summed E-state index contributed by atoms with van der Waals surface area (Å²) in [6.45, 7) is 0. The van der Waals surface area contributed by atoms with E-state index < -0.39 is 46.7 Å². The van der Waals surface area contributed by atoms with Crippen LogP contribution in [0, 0.1) is 11.6 Å². The largest absolute Gasteiger partial charge is 0.465 e. The Morgan fingerprint density at radius 3 is 2.23 bits per heavy atom. The second-order valence-electron chi connectivity index (χ2n) is 7.51. The number of fused-ring (bicyclic) bond motifs is 1. The lowest BCUT2D eigenvalue weighted by atomic mass is 9.89. The standard InChI is InChI=1S/C23H13F8NO3/c1-34-20(33)15-7-6-14(12-4-2-3-5-13(12)15)18-10-21(35-32-18,23(29,30)31)11-8-16(22(26,27)28)19(25)17(24)9-11/h2-10,32H,1H3. The summed E-state index contributed by atoms with van der Waals surface area (Å²) in [5.74, 6) is -5.17. The molecule has 3 aromatic carbocycles. The molecule has 1 atom stereocenters. The zero-order valence-corrected chi connectivity index (χ0v) is 17.4. The first-order chi connectivity index (χ1) is 16.3. The van der Waals surface area contributed by atoms with Crippen molar-refractivity contribution in [2.75, 3.05) is 7.11 Å². The van der Waals surface area contributed by atoms with Gasteiger partial charge in [0.25, 0.3) is 0 Å². The van der Waals surface area contributed by atoms with Crippen LogP contribution in [0.15, 0.2) is 54.6 Å². The molecule has 0 saturated carbocycles. The summed E-state index contributed by atoms with van der Waals surface area (Å²) >= 11 is 0. The molecule has 1 unspecified atom stereocenters. The molecule has 1 aliphatic rings. The maximum atomic E-state index is 14.2. The molecule has 1 heterocycles. The third kappa shape index (κ3) is 3.97. The van der Waals surface area contributed by atoms with Gasteiger partial charge in [0.1, 0.15) is 0 Å². The molecular formula is C23H13F8NO3. The second kappa shape index (κ2) is 8.22. The molecule has 35 heavy (non-hydrogen) atoms. The van der Waals surface area contributed by atoms with E-state index in [1.54, 1.807) is 12.1 Å². The maximum absolute atomic E-state index is 14.2. The number of esters is 1. The number of methoxy groups -OCH3 is 1. The molecule has 0 saturated heterocycles. The van der Waals surface area contributed by atoms with Crippen LogP contribution in [0.2, 0.25) is 0 Å². The number of benzene rings is 3. The molecule has 0 bridgehead atoms. The van der Waals surface area contributed by atoms with Crippen molar-refractivity contribution in [3.8, 4) is 0 Å². The van der Waals surface area contributed by atoms with Gasteiger partial charge in [0, 0.05) is 11.1 Å². The number of nitrogens with one attached hydrogen (secondary N) is 1. The Morgan fingerprint density at radius 2 is 1.63 bits per heavy atom. The van der Waals surface area contributed by atoms with Crippen molar-refractivity contribution in [1.29, 1.82) is 0 Å². The molecular weight excluding hydrogens is 490 g/mol. The van der Waals surface area contributed by atoms with E-state index in [0.29, 0.717) is 11.5 Å². The Hall–Kier alpha value is -3.67. The molecule has 3 aromatic rings. The lowest BCUT2D eigenvalue weighted by Crippen LogP contribution is -2.43. The van der Waals surface area contributed by atoms with Gasteiger partial charge in [-0.2, -0.15) is 26.3 Å². The average Bonchev–Trinajstić information content (AvgIpc) is 3.25. The van der Waals surface area contributed by atoms with Crippen LogP contribution >= 0.6 is 0 Å². The minimum atomic E-state index is -5.47. The summed E-state index contributed by atoms with van der Waals surface area (Å²) in [6.07, 6.45) is -10.4. The zero-order valence-electron chi connectivity index (χ0n) is 17.4. The van der Waals surface area contributed by atoms with E-state index in [0.717, 1.165) is 7.11 Å². The Balaban J connectivity index is 1.95. The van der Waals surface area contributed by atoms with Crippen LogP contribution in [-0.2, 0) is 21.4 Å². The molecule has 12 heteroatoms. The average molecular weight is 503 g/mol. The highest BCUT2D eigenvalue weighted by Crippen LogP contribution is 2.49.